The van der Waals surface area contributed by atoms with E-state index in [1.54, 1.807) is 0 Å². The smallest absolute Gasteiger partial charge is 0.262 e. The lowest BCUT2D eigenvalue weighted by Gasteiger charge is -2.36. The SMILES string of the molecule is CCc1ccc2c3c(c4ccccc4cc13)C(=O)N(CCN1CCN(CCN)CC1)C2=O. The number of fused-ring (bicyclic) bond motifs is 2. The predicted molar refractivity (Wildman–Crippen MR) is 128 cm³/mol. The number of hydrogen-bond donors (Lipinski definition) is 1. The summed E-state index contributed by atoms with van der Waals surface area (Å²) < 4.78 is 0. The minimum absolute atomic E-state index is 0.167. The molecule has 2 aliphatic heterocycles. The van der Waals surface area contributed by atoms with Gasteiger partial charge < -0.3 is 5.73 Å². The molecule has 0 atom stereocenters. The second-order valence-electron chi connectivity index (χ2n) is 8.75. The number of aryl methyl sites for hydroxylation is 1. The first-order valence-corrected chi connectivity index (χ1v) is 11.6. The molecule has 5 rings (SSSR count). The number of piperazine rings is 1. The molecular weight excluding hydrogens is 400 g/mol. The third-order valence-corrected chi connectivity index (χ3v) is 6.98. The van der Waals surface area contributed by atoms with Gasteiger partial charge in [0.15, 0.2) is 0 Å². The molecular formula is C26H30N4O2. The highest BCUT2D eigenvalue weighted by molar-refractivity contribution is 6.30. The van der Waals surface area contributed by atoms with Crippen molar-refractivity contribution in [1.82, 2.24) is 14.7 Å². The van der Waals surface area contributed by atoms with Gasteiger partial charge in [-0.2, -0.15) is 0 Å². The molecule has 32 heavy (non-hydrogen) atoms. The Kier molecular flexibility index (Phi) is 5.67. The second-order valence-corrected chi connectivity index (χ2v) is 8.75. The Bertz CT molecular complexity index is 1200. The molecule has 3 aromatic carbocycles. The standard InChI is InChI=1S/C26H30N4O2/c1-2-18-7-8-21-23-22(18)17-19-5-3-4-6-20(19)24(23)26(32)30(25(21)31)16-15-29-13-11-28(10-9-27)12-14-29/h3-8,17H,2,9-16,27H2,1H3. The predicted octanol–water partition coefficient (Wildman–Crippen LogP) is 2.73. The van der Waals surface area contributed by atoms with Gasteiger partial charge in [0, 0.05) is 63.3 Å². The fraction of sp³-hybridized carbons (Fsp3) is 0.385. The summed E-state index contributed by atoms with van der Waals surface area (Å²) in [6.45, 7) is 8.64. The lowest BCUT2D eigenvalue weighted by Crippen LogP contribution is -2.51. The Morgan fingerprint density at radius 2 is 1.56 bits per heavy atom. The topological polar surface area (TPSA) is 69.9 Å². The number of nitrogens with two attached hydrogens (primary N) is 1. The number of amides is 2. The molecule has 2 amide bonds. The van der Waals surface area contributed by atoms with E-state index in [1.165, 1.54) is 10.5 Å². The summed E-state index contributed by atoms with van der Waals surface area (Å²) in [6.07, 6.45) is 0.858. The van der Waals surface area contributed by atoms with Crippen LogP contribution in [0, 0.1) is 0 Å². The highest BCUT2D eigenvalue weighted by Gasteiger charge is 2.35. The summed E-state index contributed by atoms with van der Waals surface area (Å²) >= 11 is 0. The number of rotatable bonds is 6. The summed E-state index contributed by atoms with van der Waals surface area (Å²) in [5.74, 6) is -0.341. The quantitative estimate of drug-likeness (QED) is 0.481. The van der Waals surface area contributed by atoms with Crippen molar-refractivity contribution in [2.45, 2.75) is 13.3 Å². The maximum Gasteiger partial charge on any atom is 0.262 e. The first-order chi connectivity index (χ1) is 15.6. The molecule has 1 saturated heterocycles. The first-order valence-electron chi connectivity index (χ1n) is 11.6. The highest BCUT2D eigenvalue weighted by atomic mass is 16.2. The molecule has 0 aliphatic carbocycles. The van der Waals surface area contributed by atoms with Crippen molar-refractivity contribution in [1.29, 1.82) is 0 Å². The highest BCUT2D eigenvalue weighted by Crippen LogP contribution is 2.37. The van der Waals surface area contributed by atoms with E-state index in [0.29, 0.717) is 30.8 Å². The summed E-state index contributed by atoms with van der Waals surface area (Å²) in [5.41, 5.74) is 8.16. The molecule has 2 N–H and O–H groups in total. The molecule has 1 fully saturated rings. The van der Waals surface area contributed by atoms with Gasteiger partial charge in [-0.15, -0.1) is 0 Å². The lowest BCUT2D eigenvalue weighted by atomic mass is 9.87. The Morgan fingerprint density at radius 3 is 2.28 bits per heavy atom. The summed E-state index contributed by atoms with van der Waals surface area (Å²) in [4.78, 5) is 33.3. The van der Waals surface area contributed by atoms with Gasteiger partial charge in [-0.25, -0.2) is 0 Å². The molecule has 2 aliphatic rings. The Hall–Kier alpha value is -2.80. The number of benzene rings is 3. The molecule has 0 saturated carbocycles. The van der Waals surface area contributed by atoms with Crippen LogP contribution in [0.1, 0.15) is 33.2 Å². The van der Waals surface area contributed by atoms with Crippen LogP contribution < -0.4 is 5.73 Å². The van der Waals surface area contributed by atoms with E-state index in [9.17, 15) is 9.59 Å². The van der Waals surface area contributed by atoms with Gasteiger partial charge in [0.05, 0.1) is 5.56 Å². The van der Waals surface area contributed by atoms with Gasteiger partial charge >= 0.3 is 0 Å². The van der Waals surface area contributed by atoms with E-state index in [2.05, 4.69) is 22.8 Å². The van der Waals surface area contributed by atoms with Crippen molar-refractivity contribution in [2.75, 3.05) is 52.4 Å². The van der Waals surface area contributed by atoms with Crippen molar-refractivity contribution in [3.05, 3.63) is 59.2 Å². The van der Waals surface area contributed by atoms with E-state index in [0.717, 1.165) is 60.7 Å². The third-order valence-electron chi connectivity index (χ3n) is 6.98. The van der Waals surface area contributed by atoms with Crippen LogP contribution in [0.5, 0.6) is 0 Å². The molecule has 6 nitrogen and oxygen atoms in total. The van der Waals surface area contributed by atoms with Gasteiger partial charge in [-0.3, -0.25) is 24.3 Å². The van der Waals surface area contributed by atoms with E-state index < -0.39 is 0 Å². The van der Waals surface area contributed by atoms with Crippen LogP contribution in [0.25, 0.3) is 21.5 Å². The zero-order chi connectivity index (χ0) is 22.2. The molecule has 166 valence electrons. The van der Waals surface area contributed by atoms with Gasteiger partial charge in [0.25, 0.3) is 11.8 Å². The maximum absolute atomic E-state index is 13.7. The number of nitrogens with zero attached hydrogens (tertiary/aromatic N) is 3. The minimum atomic E-state index is -0.174. The van der Waals surface area contributed by atoms with Crippen LogP contribution in [0.2, 0.25) is 0 Å². The van der Waals surface area contributed by atoms with Crippen molar-refractivity contribution >= 4 is 33.4 Å². The number of hydrogen-bond acceptors (Lipinski definition) is 5. The average Bonchev–Trinajstić information content (AvgIpc) is 2.82. The van der Waals surface area contributed by atoms with Crippen LogP contribution in [0.3, 0.4) is 0 Å². The fourth-order valence-electron chi connectivity index (χ4n) is 5.18. The zero-order valence-corrected chi connectivity index (χ0v) is 18.6. The van der Waals surface area contributed by atoms with Crippen molar-refractivity contribution in [3.8, 4) is 0 Å². The number of imide groups is 1. The van der Waals surface area contributed by atoms with Crippen molar-refractivity contribution < 1.29 is 9.59 Å². The largest absolute Gasteiger partial charge is 0.329 e. The molecule has 3 aromatic rings. The van der Waals surface area contributed by atoms with E-state index in [-0.39, 0.29) is 11.8 Å². The summed E-state index contributed by atoms with van der Waals surface area (Å²) in [5, 5.41) is 3.81. The normalized spacial score (nSPS) is 17.6. The number of carbonyl (C=O) groups is 2. The van der Waals surface area contributed by atoms with Gasteiger partial charge in [-0.05, 0) is 40.3 Å². The monoisotopic (exact) mass is 430 g/mol. The van der Waals surface area contributed by atoms with Crippen LogP contribution in [0.15, 0.2) is 42.5 Å². The first kappa shape index (κ1) is 21.1. The molecule has 0 bridgehead atoms. The Balaban J connectivity index is 1.48. The summed E-state index contributed by atoms with van der Waals surface area (Å²) in [6, 6.07) is 14.1. The summed E-state index contributed by atoms with van der Waals surface area (Å²) in [7, 11) is 0. The average molecular weight is 431 g/mol. The maximum atomic E-state index is 13.7. The molecule has 0 radical (unpaired) electrons. The van der Waals surface area contributed by atoms with Crippen LogP contribution in [-0.2, 0) is 6.42 Å². The fourth-order valence-corrected chi connectivity index (χ4v) is 5.18. The molecule has 0 aromatic heterocycles. The van der Waals surface area contributed by atoms with E-state index >= 15 is 0 Å². The van der Waals surface area contributed by atoms with Gasteiger partial charge in [0.2, 0.25) is 0 Å². The van der Waals surface area contributed by atoms with Crippen LogP contribution in [-0.4, -0.2) is 78.9 Å². The zero-order valence-electron chi connectivity index (χ0n) is 18.6. The molecule has 6 heteroatoms. The number of carbonyl (C=O) groups excluding carboxylic acids is 2. The third kappa shape index (κ3) is 3.48. The lowest BCUT2D eigenvalue weighted by molar-refractivity contribution is 0.0574. The van der Waals surface area contributed by atoms with Crippen LogP contribution >= 0.6 is 0 Å². The van der Waals surface area contributed by atoms with E-state index in [4.69, 9.17) is 5.73 Å². The van der Waals surface area contributed by atoms with Gasteiger partial charge in [0.1, 0.15) is 0 Å². The van der Waals surface area contributed by atoms with Crippen molar-refractivity contribution in [3.63, 3.8) is 0 Å². The van der Waals surface area contributed by atoms with Crippen molar-refractivity contribution in [2.24, 2.45) is 5.73 Å². The molecule has 0 unspecified atom stereocenters. The second kappa shape index (κ2) is 8.62. The molecule has 0 spiro atoms. The minimum Gasteiger partial charge on any atom is -0.329 e. The van der Waals surface area contributed by atoms with Crippen LogP contribution in [0.4, 0.5) is 0 Å². The Morgan fingerprint density at radius 1 is 0.844 bits per heavy atom. The molecule has 2 heterocycles. The van der Waals surface area contributed by atoms with E-state index in [1.807, 2.05) is 36.4 Å². The van der Waals surface area contributed by atoms with Gasteiger partial charge in [-0.1, -0.05) is 37.3 Å². The Labute approximate surface area is 188 Å².